The minimum Gasteiger partial charge on any atom is -0.481 e. The van der Waals surface area contributed by atoms with Crippen molar-refractivity contribution in [1.29, 1.82) is 0 Å². The first-order chi connectivity index (χ1) is 9.22. The molecule has 6 heteroatoms. The van der Waals surface area contributed by atoms with E-state index in [1.54, 1.807) is 12.4 Å². The Balaban J connectivity index is 1.73. The van der Waals surface area contributed by atoms with Crippen molar-refractivity contribution in [3.8, 4) is 0 Å². The van der Waals surface area contributed by atoms with Crippen LogP contribution in [-0.2, 0) is 4.79 Å². The first-order valence-electron chi connectivity index (χ1n) is 6.29. The Labute approximate surface area is 109 Å². The fourth-order valence-corrected chi connectivity index (χ4v) is 2.48. The summed E-state index contributed by atoms with van der Waals surface area (Å²) in [6, 6.07) is 3.88. The largest absolute Gasteiger partial charge is 0.481 e. The summed E-state index contributed by atoms with van der Waals surface area (Å²) in [6.45, 7) is 0. The molecule has 2 aromatic rings. The normalized spacial score (nSPS) is 22.5. The lowest BCUT2D eigenvalue weighted by Gasteiger charge is -2.13. The molecule has 6 nitrogen and oxygen atoms in total. The van der Waals surface area contributed by atoms with E-state index in [2.05, 4.69) is 20.3 Å². The molecule has 0 aromatic carbocycles. The molecule has 1 saturated carbocycles. The van der Waals surface area contributed by atoms with Gasteiger partial charge in [-0.3, -0.25) is 9.78 Å². The number of carboxylic acid groups (broad SMARTS) is 1. The van der Waals surface area contributed by atoms with E-state index in [4.69, 9.17) is 5.11 Å². The Morgan fingerprint density at radius 3 is 2.89 bits per heavy atom. The van der Waals surface area contributed by atoms with E-state index in [-0.39, 0.29) is 12.0 Å². The number of rotatable bonds is 3. The maximum absolute atomic E-state index is 10.9. The average Bonchev–Trinajstić information content (AvgIpc) is 2.87. The number of hydrogen-bond acceptors (Lipinski definition) is 5. The van der Waals surface area contributed by atoms with Gasteiger partial charge in [0.05, 0.1) is 5.92 Å². The molecule has 2 N–H and O–H groups in total. The molecule has 98 valence electrons. The lowest BCUT2D eigenvalue weighted by Crippen LogP contribution is -2.18. The summed E-state index contributed by atoms with van der Waals surface area (Å²) in [5, 5.41) is 12.3. The van der Waals surface area contributed by atoms with E-state index in [9.17, 15) is 4.79 Å². The maximum atomic E-state index is 10.9. The van der Waals surface area contributed by atoms with Crippen LogP contribution in [0.15, 0.2) is 24.5 Å². The Morgan fingerprint density at radius 2 is 2.11 bits per heavy atom. The van der Waals surface area contributed by atoms with Crippen molar-refractivity contribution in [2.75, 3.05) is 5.32 Å². The van der Waals surface area contributed by atoms with E-state index >= 15 is 0 Å². The Kier molecular flexibility index (Phi) is 2.98. The van der Waals surface area contributed by atoms with Gasteiger partial charge in [0.25, 0.3) is 0 Å². The third-order valence-corrected chi connectivity index (χ3v) is 3.47. The average molecular weight is 258 g/mol. The van der Waals surface area contributed by atoms with Crippen LogP contribution >= 0.6 is 0 Å². The van der Waals surface area contributed by atoms with Crippen LogP contribution in [0, 0.1) is 5.92 Å². The topological polar surface area (TPSA) is 88.0 Å². The molecule has 0 aliphatic heterocycles. The maximum Gasteiger partial charge on any atom is 0.306 e. The van der Waals surface area contributed by atoms with Crippen molar-refractivity contribution in [2.45, 2.75) is 25.3 Å². The Morgan fingerprint density at radius 1 is 1.26 bits per heavy atom. The molecule has 19 heavy (non-hydrogen) atoms. The summed E-state index contributed by atoms with van der Waals surface area (Å²) in [4.78, 5) is 23.6. The highest BCUT2D eigenvalue weighted by molar-refractivity contribution is 5.72. The molecular weight excluding hydrogens is 244 g/mol. The highest BCUT2D eigenvalue weighted by atomic mass is 16.4. The van der Waals surface area contributed by atoms with Gasteiger partial charge in [-0.15, -0.1) is 0 Å². The zero-order chi connectivity index (χ0) is 13.2. The zero-order valence-electron chi connectivity index (χ0n) is 10.3. The standard InChI is InChI=1S/C13H14N4O2/c18-13(19)8-1-2-9(7-8)16-11-4-3-10-12(17-11)15-6-5-14-10/h3-6,8-9H,1-2,7H2,(H,18,19)(H,15,16,17)/t8-,9+/m1/s1. The van der Waals surface area contributed by atoms with Crippen molar-refractivity contribution in [3.63, 3.8) is 0 Å². The van der Waals surface area contributed by atoms with Crippen LogP contribution in [0.3, 0.4) is 0 Å². The fraction of sp³-hybridized carbons (Fsp3) is 0.385. The molecular formula is C13H14N4O2. The third kappa shape index (κ3) is 2.47. The molecule has 0 bridgehead atoms. The first-order valence-corrected chi connectivity index (χ1v) is 6.29. The fourth-order valence-electron chi connectivity index (χ4n) is 2.48. The highest BCUT2D eigenvalue weighted by Gasteiger charge is 2.29. The third-order valence-electron chi connectivity index (χ3n) is 3.47. The number of pyridine rings is 1. The molecule has 0 amide bonds. The molecule has 0 radical (unpaired) electrons. The minimum absolute atomic E-state index is 0.169. The predicted molar refractivity (Wildman–Crippen MR) is 69.7 cm³/mol. The number of carbonyl (C=O) groups is 1. The van der Waals surface area contributed by atoms with Crippen molar-refractivity contribution in [2.24, 2.45) is 5.92 Å². The molecule has 0 saturated heterocycles. The lowest BCUT2D eigenvalue weighted by molar-refractivity contribution is -0.141. The van der Waals surface area contributed by atoms with Gasteiger partial charge in [0, 0.05) is 18.4 Å². The van der Waals surface area contributed by atoms with Crippen LogP contribution in [0.1, 0.15) is 19.3 Å². The van der Waals surface area contributed by atoms with E-state index in [0.29, 0.717) is 12.1 Å². The second-order valence-corrected chi connectivity index (χ2v) is 4.79. The van der Waals surface area contributed by atoms with Crippen molar-refractivity contribution in [1.82, 2.24) is 15.0 Å². The van der Waals surface area contributed by atoms with Gasteiger partial charge in [-0.1, -0.05) is 0 Å². The summed E-state index contributed by atoms with van der Waals surface area (Å²) in [5.41, 5.74) is 1.35. The van der Waals surface area contributed by atoms with Crippen LogP contribution < -0.4 is 5.32 Å². The summed E-state index contributed by atoms with van der Waals surface area (Å²) in [6.07, 6.45) is 5.47. The van der Waals surface area contributed by atoms with E-state index in [1.807, 2.05) is 12.1 Å². The summed E-state index contributed by atoms with van der Waals surface area (Å²) in [7, 11) is 0. The highest BCUT2D eigenvalue weighted by Crippen LogP contribution is 2.28. The lowest BCUT2D eigenvalue weighted by atomic mass is 10.1. The number of hydrogen-bond donors (Lipinski definition) is 2. The number of aliphatic carboxylic acids is 1. The molecule has 3 rings (SSSR count). The van der Waals surface area contributed by atoms with E-state index < -0.39 is 5.97 Å². The Hall–Kier alpha value is -2.24. The van der Waals surface area contributed by atoms with Gasteiger partial charge in [0.15, 0.2) is 5.65 Å². The second-order valence-electron chi connectivity index (χ2n) is 4.79. The first kappa shape index (κ1) is 11.8. The van der Waals surface area contributed by atoms with Crippen molar-refractivity contribution >= 4 is 23.0 Å². The summed E-state index contributed by atoms with van der Waals surface area (Å²) in [5.74, 6) is -0.219. The number of nitrogens with one attached hydrogen (secondary N) is 1. The van der Waals surface area contributed by atoms with Gasteiger partial charge >= 0.3 is 5.97 Å². The van der Waals surface area contributed by atoms with E-state index in [1.165, 1.54) is 0 Å². The molecule has 2 aromatic heterocycles. The number of fused-ring (bicyclic) bond motifs is 1. The van der Waals surface area contributed by atoms with Gasteiger partial charge in [-0.2, -0.15) is 0 Å². The smallest absolute Gasteiger partial charge is 0.306 e. The number of aromatic nitrogens is 3. The number of anilines is 1. The van der Waals surface area contributed by atoms with Crippen molar-refractivity contribution in [3.05, 3.63) is 24.5 Å². The van der Waals surface area contributed by atoms with Gasteiger partial charge < -0.3 is 10.4 Å². The monoisotopic (exact) mass is 258 g/mol. The van der Waals surface area contributed by atoms with Crippen LogP contribution in [0.2, 0.25) is 0 Å². The van der Waals surface area contributed by atoms with Gasteiger partial charge in [-0.25, -0.2) is 9.97 Å². The summed E-state index contributed by atoms with van der Waals surface area (Å²) >= 11 is 0. The quantitative estimate of drug-likeness (QED) is 0.871. The molecule has 0 unspecified atom stereocenters. The van der Waals surface area contributed by atoms with Crippen LogP contribution in [-0.4, -0.2) is 32.1 Å². The van der Waals surface area contributed by atoms with Gasteiger partial charge in [0.2, 0.25) is 0 Å². The minimum atomic E-state index is -0.707. The predicted octanol–water partition coefficient (Wildman–Crippen LogP) is 1.69. The molecule has 1 fully saturated rings. The number of carboxylic acids is 1. The molecule has 1 aliphatic carbocycles. The number of nitrogens with zero attached hydrogens (tertiary/aromatic N) is 3. The molecule has 0 spiro atoms. The Bertz CT molecular complexity index is 616. The molecule has 2 atom stereocenters. The molecule has 2 heterocycles. The van der Waals surface area contributed by atoms with Crippen molar-refractivity contribution < 1.29 is 9.90 Å². The van der Waals surface area contributed by atoms with Crippen LogP contribution in [0.5, 0.6) is 0 Å². The van der Waals surface area contributed by atoms with E-state index in [0.717, 1.165) is 24.2 Å². The molecule has 1 aliphatic rings. The summed E-state index contributed by atoms with van der Waals surface area (Å²) < 4.78 is 0. The van der Waals surface area contributed by atoms with Gasteiger partial charge in [0.1, 0.15) is 11.3 Å². The SMILES string of the molecule is O=C(O)[C@@H]1CC[C@H](Nc2ccc3nccnc3n2)C1. The van der Waals surface area contributed by atoms with Gasteiger partial charge in [-0.05, 0) is 31.4 Å². The van der Waals surface area contributed by atoms with Crippen LogP contribution in [0.4, 0.5) is 5.82 Å². The van der Waals surface area contributed by atoms with Crippen LogP contribution in [0.25, 0.3) is 11.2 Å². The second kappa shape index (κ2) is 4.79. The zero-order valence-corrected chi connectivity index (χ0v) is 10.3.